The summed E-state index contributed by atoms with van der Waals surface area (Å²) in [6.45, 7) is 0. The molecule has 1 aromatic carbocycles. The SMILES string of the molecule is O=C=NC1C2=C(C=CCC=C2)CCc2ccccc21. The first-order valence-corrected chi connectivity index (χ1v) is 6.61. The molecule has 1 aromatic rings. The minimum absolute atomic E-state index is 0.204. The van der Waals surface area contributed by atoms with Gasteiger partial charge in [0.1, 0.15) is 6.04 Å². The van der Waals surface area contributed by atoms with Crippen molar-refractivity contribution in [1.29, 1.82) is 0 Å². The monoisotopic (exact) mass is 249 g/mol. The lowest BCUT2D eigenvalue weighted by molar-refractivity contribution is 0.560. The summed E-state index contributed by atoms with van der Waals surface area (Å²) >= 11 is 0. The van der Waals surface area contributed by atoms with E-state index in [1.807, 2.05) is 12.1 Å². The molecule has 0 aromatic heterocycles. The van der Waals surface area contributed by atoms with Crippen LogP contribution in [0.15, 0.2) is 64.7 Å². The molecule has 0 aliphatic heterocycles. The van der Waals surface area contributed by atoms with Gasteiger partial charge >= 0.3 is 0 Å². The van der Waals surface area contributed by atoms with Gasteiger partial charge in [-0.05, 0) is 41.5 Å². The van der Waals surface area contributed by atoms with E-state index in [0.717, 1.165) is 30.4 Å². The fourth-order valence-corrected chi connectivity index (χ4v) is 2.84. The van der Waals surface area contributed by atoms with Crippen LogP contribution in [0.4, 0.5) is 0 Å². The maximum Gasteiger partial charge on any atom is 0.235 e. The van der Waals surface area contributed by atoms with Crippen LogP contribution in [0.25, 0.3) is 0 Å². The highest BCUT2D eigenvalue weighted by Gasteiger charge is 2.23. The van der Waals surface area contributed by atoms with E-state index in [2.05, 4.69) is 41.4 Å². The van der Waals surface area contributed by atoms with Gasteiger partial charge in [-0.3, -0.25) is 0 Å². The summed E-state index contributed by atoms with van der Waals surface area (Å²) in [6, 6.07) is 8.04. The summed E-state index contributed by atoms with van der Waals surface area (Å²) in [6.07, 6.45) is 13.3. The third-order valence-corrected chi connectivity index (χ3v) is 3.75. The molecule has 2 aliphatic rings. The molecule has 0 spiro atoms. The zero-order chi connectivity index (χ0) is 13.1. The lowest BCUT2D eigenvalue weighted by Gasteiger charge is -2.14. The summed E-state index contributed by atoms with van der Waals surface area (Å²) in [5.41, 5.74) is 4.84. The van der Waals surface area contributed by atoms with Crippen molar-refractivity contribution in [2.75, 3.05) is 0 Å². The number of benzene rings is 1. The summed E-state index contributed by atoms with van der Waals surface area (Å²) in [4.78, 5) is 14.9. The summed E-state index contributed by atoms with van der Waals surface area (Å²) in [5, 5.41) is 0. The lowest BCUT2D eigenvalue weighted by Crippen LogP contribution is -2.00. The molecule has 0 amide bonds. The van der Waals surface area contributed by atoms with E-state index < -0.39 is 0 Å². The Balaban J connectivity index is 2.20. The van der Waals surface area contributed by atoms with Crippen LogP contribution in [0.5, 0.6) is 0 Å². The minimum atomic E-state index is -0.204. The second-order valence-electron chi connectivity index (χ2n) is 4.84. The van der Waals surface area contributed by atoms with Gasteiger partial charge in [0.05, 0.1) is 0 Å². The van der Waals surface area contributed by atoms with Crippen molar-refractivity contribution >= 4 is 6.08 Å². The smallest absolute Gasteiger partial charge is 0.211 e. The molecule has 0 bridgehead atoms. The Morgan fingerprint density at radius 3 is 2.84 bits per heavy atom. The standard InChI is InChI=1S/C17H15NO/c19-12-18-17-15-8-3-1-2-6-13(15)10-11-14-7-4-5-9-16(14)17/h2-9,17H,1,10-11H2. The predicted molar refractivity (Wildman–Crippen MR) is 75.5 cm³/mol. The first-order chi connectivity index (χ1) is 9.40. The van der Waals surface area contributed by atoms with Crippen molar-refractivity contribution in [3.8, 4) is 0 Å². The van der Waals surface area contributed by atoms with Gasteiger partial charge in [0, 0.05) is 0 Å². The molecule has 0 heterocycles. The van der Waals surface area contributed by atoms with Crippen LogP contribution in [-0.2, 0) is 11.2 Å². The Labute approximate surface area is 112 Å². The van der Waals surface area contributed by atoms with E-state index in [4.69, 9.17) is 0 Å². The van der Waals surface area contributed by atoms with Crippen molar-refractivity contribution in [3.05, 3.63) is 70.8 Å². The van der Waals surface area contributed by atoms with Crippen LogP contribution in [0.3, 0.4) is 0 Å². The normalized spacial score (nSPS) is 20.9. The van der Waals surface area contributed by atoms with Crippen molar-refractivity contribution < 1.29 is 4.79 Å². The van der Waals surface area contributed by atoms with Crippen molar-refractivity contribution in [2.45, 2.75) is 25.3 Å². The van der Waals surface area contributed by atoms with Gasteiger partial charge < -0.3 is 0 Å². The zero-order valence-electron chi connectivity index (χ0n) is 10.7. The topological polar surface area (TPSA) is 29.4 Å². The van der Waals surface area contributed by atoms with Crippen molar-refractivity contribution in [1.82, 2.24) is 0 Å². The molecule has 0 radical (unpaired) electrons. The van der Waals surface area contributed by atoms with Crippen LogP contribution >= 0.6 is 0 Å². The van der Waals surface area contributed by atoms with Crippen LogP contribution in [0.2, 0.25) is 0 Å². The molecule has 19 heavy (non-hydrogen) atoms. The number of hydrogen-bond donors (Lipinski definition) is 0. The quantitative estimate of drug-likeness (QED) is 0.549. The summed E-state index contributed by atoms with van der Waals surface area (Å²) in [7, 11) is 0. The molecule has 2 nitrogen and oxygen atoms in total. The van der Waals surface area contributed by atoms with Crippen LogP contribution in [-0.4, -0.2) is 6.08 Å². The highest BCUT2D eigenvalue weighted by molar-refractivity contribution is 5.50. The van der Waals surface area contributed by atoms with Crippen molar-refractivity contribution in [2.24, 2.45) is 4.99 Å². The molecule has 0 N–H and O–H groups in total. The fraction of sp³-hybridized carbons (Fsp3) is 0.235. The number of nitrogens with zero attached hydrogens (tertiary/aromatic N) is 1. The Morgan fingerprint density at radius 1 is 1.11 bits per heavy atom. The van der Waals surface area contributed by atoms with Gasteiger partial charge in [-0.15, -0.1) is 0 Å². The lowest BCUT2D eigenvalue weighted by atomic mass is 9.95. The largest absolute Gasteiger partial charge is 0.235 e. The molecular weight excluding hydrogens is 234 g/mol. The second-order valence-corrected chi connectivity index (χ2v) is 4.84. The molecule has 3 rings (SSSR count). The van der Waals surface area contributed by atoms with E-state index in [-0.39, 0.29) is 6.04 Å². The molecule has 1 unspecified atom stereocenters. The first kappa shape index (κ1) is 11.9. The maximum atomic E-state index is 10.8. The fourth-order valence-electron chi connectivity index (χ4n) is 2.84. The van der Waals surface area contributed by atoms with Crippen LogP contribution in [0, 0.1) is 0 Å². The molecule has 0 saturated heterocycles. The van der Waals surface area contributed by atoms with Crippen LogP contribution < -0.4 is 0 Å². The third kappa shape index (κ3) is 2.23. The van der Waals surface area contributed by atoms with Gasteiger partial charge in [-0.25, -0.2) is 4.79 Å². The zero-order valence-corrected chi connectivity index (χ0v) is 10.7. The summed E-state index contributed by atoms with van der Waals surface area (Å²) < 4.78 is 0. The third-order valence-electron chi connectivity index (χ3n) is 3.75. The predicted octanol–water partition coefficient (Wildman–Crippen LogP) is 3.82. The number of fused-ring (bicyclic) bond motifs is 1. The van der Waals surface area contributed by atoms with E-state index in [9.17, 15) is 4.79 Å². The number of aryl methyl sites for hydroxylation is 1. The van der Waals surface area contributed by atoms with Gasteiger partial charge in [-0.1, -0.05) is 48.6 Å². The van der Waals surface area contributed by atoms with Gasteiger partial charge in [0.2, 0.25) is 6.08 Å². The highest BCUT2D eigenvalue weighted by atomic mass is 16.1. The average molecular weight is 249 g/mol. The number of aliphatic imine (C=N–C) groups is 1. The number of isocyanates is 1. The summed E-state index contributed by atoms with van der Waals surface area (Å²) in [5.74, 6) is 0. The highest BCUT2D eigenvalue weighted by Crippen LogP contribution is 2.37. The maximum absolute atomic E-state index is 10.8. The number of hydrogen-bond acceptors (Lipinski definition) is 2. The second kappa shape index (κ2) is 5.21. The molecule has 0 saturated carbocycles. The molecular formula is C17H15NO. The molecule has 1 atom stereocenters. The van der Waals surface area contributed by atoms with E-state index in [1.165, 1.54) is 11.1 Å². The number of rotatable bonds is 1. The Bertz CT molecular complexity index is 630. The number of carbonyl (C=O) groups excluding carboxylic acids is 1. The molecule has 2 aliphatic carbocycles. The van der Waals surface area contributed by atoms with Gasteiger partial charge in [0.15, 0.2) is 0 Å². The van der Waals surface area contributed by atoms with Crippen molar-refractivity contribution in [3.63, 3.8) is 0 Å². The Morgan fingerprint density at radius 2 is 1.95 bits per heavy atom. The first-order valence-electron chi connectivity index (χ1n) is 6.61. The minimum Gasteiger partial charge on any atom is -0.211 e. The van der Waals surface area contributed by atoms with Crippen LogP contribution in [0.1, 0.15) is 30.0 Å². The average Bonchev–Trinajstić information content (AvgIpc) is 2.74. The van der Waals surface area contributed by atoms with E-state index >= 15 is 0 Å². The molecule has 94 valence electrons. The molecule has 2 heteroatoms. The van der Waals surface area contributed by atoms with Gasteiger partial charge in [0.25, 0.3) is 0 Å². The molecule has 0 fully saturated rings. The number of allylic oxidation sites excluding steroid dienone is 4. The Kier molecular flexibility index (Phi) is 3.26. The van der Waals surface area contributed by atoms with E-state index in [0.29, 0.717) is 0 Å². The van der Waals surface area contributed by atoms with Gasteiger partial charge in [-0.2, -0.15) is 4.99 Å². The Hall–Kier alpha value is -2.18. The van der Waals surface area contributed by atoms with E-state index in [1.54, 1.807) is 6.08 Å².